The average Bonchev–Trinajstić information content (AvgIpc) is 2.16. The fraction of sp³-hybridized carbons (Fsp3) is 1.00. The van der Waals surface area contributed by atoms with Crippen LogP contribution in [-0.2, 0) is 4.74 Å². The summed E-state index contributed by atoms with van der Waals surface area (Å²) in [5, 5.41) is 13.6. The molecule has 3 nitrogen and oxygen atoms in total. The van der Waals surface area contributed by atoms with Crippen molar-refractivity contribution in [1.29, 1.82) is 0 Å². The van der Waals surface area contributed by atoms with Gasteiger partial charge in [-0.2, -0.15) is 0 Å². The molecule has 0 aromatic rings. The van der Waals surface area contributed by atoms with Gasteiger partial charge in [-0.3, -0.25) is 0 Å². The lowest BCUT2D eigenvalue weighted by molar-refractivity contribution is -0.0140. The van der Waals surface area contributed by atoms with E-state index in [1.165, 1.54) is 6.42 Å². The second-order valence-corrected chi connectivity index (χ2v) is 5.10. The Balaban J connectivity index is 2.23. The van der Waals surface area contributed by atoms with Crippen molar-refractivity contribution in [2.75, 3.05) is 20.2 Å². The molecule has 0 aromatic heterocycles. The van der Waals surface area contributed by atoms with Crippen molar-refractivity contribution >= 4 is 0 Å². The van der Waals surface area contributed by atoms with Crippen molar-refractivity contribution < 1.29 is 9.84 Å². The molecule has 90 valence electrons. The van der Waals surface area contributed by atoms with Crippen LogP contribution in [0.3, 0.4) is 0 Å². The van der Waals surface area contributed by atoms with Gasteiger partial charge < -0.3 is 15.2 Å². The molecule has 2 N–H and O–H groups in total. The maximum absolute atomic E-state index is 10.3. The molecule has 15 heavy (non-hydrogen) atoms. The van der Waals surface area contributed by atoms with Crippen molar-refractivity contribution in [1.82, 2.24) is 5.32 Å². The number of ether oxygens (including phenoxy) is 1. The highest BCUT2D eigenvalue weighted by atomic mass is 16.5. The van der Waals surface area contributed by atoms with Gasteiger partial charge in [-0.25, -0.2) is 0 Å². The van der Waals surface area contributed by atoms with Crippen molar-refractivity contribution in [2.24, 2.45) is 5.92 Å². The van der Waals surface area contributed by atoms with E-state index in [-0.39, 0.29) is 6.10 Å². The minimum absolute atomic E-state index is 0.217. The molecule has 0 spiro atoms. The minimum atomic E-state index is -0.481. The monoisotopic (exact) mass is 215 g/mol. The minimum Gasteiger partial charge on any atom is -0.389 e. The molecule has 3 unspecified atom stereocenters. The average molecular weight is 215 g/mol. The van der Waals surface area contributed by atoms with E-state index in [9.17, 15) is 5.11 Å². The summed E-state index contributed by atoms with van der Waals surface area (Å²) in [4.78, 5) is 0. The second kappa shape index (κ2) is 5.83. The largest absolute Gasteiger partial charge is 0.389 e. The van der Waals surface area contributed by atoms with E-state index in [0.29, 0.717) is 12.5 Å². The Labute approximate surface area is 93.2 Å². The Bertz CT molecular complexity index is 186. The molecular formula is C12H25NO2. The molecule has 1 aliphatic rings. The molecule has 0 aliphatic heterocycles. The zero-order chi connectivity index (χ0) is 11.3. The van der Waals surface area contributed by atoms with Crippen molar-refractivity contribution in [3.63, 3.8) is 0 Å². The van der Waals surface area contributed by atoms with E-state index in [2.05, 4.69) is 12.2 Å². The van der Waals surface area contributed by atoms with Crippen LogP contribution in [0.2, 0.25) is 0 Å². The maximum atomic E-state index is 10.3. The standard InChI is InChI=1S/C12H25NO2/c1-10-5-4-6-12(14,7-10)9-13-8-11(2)15-3/h10-11,13-14H,4-9H2,1-3H3. The van der Waals surface area contributed by atoms with Gasteiger partial charge in [-0.05, 0) is 25.7 Å². The van der Waals surface area contributed by atoms with Crippen molar-refractivity contribution in [3.05, 3.63) is 0 Å². The van der Waals surface area contributed by atoms with Gasteiger partial charge >= 0.3 is 0 Å². The Hall–Kier alpha value is -0.120. The zero-order valence-electron chi connectivity index (χ0n) is 10.3. The van der Waals surface area contributed by atoms with Crippen LogP contribution in [0.25, 0.3) is 0 Å². The lowest BCUT2D eigenvalue weighted by Crippen LogP contribution is -2.45. The second-order valence-electron chi connectivity index (χ2n) is 5.10. The summed E-state index contributed by atoms with van der Waals surface area (Å²) in [6.07, 6.45) is 4.50. The Morgan fingerprint density at radius 2 is 2.33 bits per heavy atom. The van der Waals surface area contributed by atoms with Crippen LogP contribution >= 0.6 is 0 Å². The van der Waals surface area contributed by atoms with Crippen molar-refractivity contribution in [2.45, 2.75) is 51.2 Å². The summed E-state index contributed by atoms with van der Waals surface area (Å²) in [5.41, 5.74) is -0.481. The van der Waals surface area contributed by atoms with Gasteiger partial charge in [0.1, 0.15) is 0 Å². The van der Waals surface area contributed by atoms with Gasteiger partial charge in [-0.15, -0.1) is 0 Å². The third-order valence-corrected chi connectivity index (χ3v) is 3.36. The molecule has 0 saturated heterocycles. The summed E-state index contributed by atoms with van der Waals surface area (Å²) in [6, 6.07) is 0. The number of rotatable bonds is 5. The van der Waals surface area contributed by atoms with E-state index in [1.54, 1.807) is 7.11 Å². The normalized spacial score (nSPS) is 34.0. The first-order chi connectivity index (χ1) is 7.06. The first-order valence-corrected chi connectivity index (χ1v) is 6.01. The first kappa shape index (κ1) is 12.9. The SMILES string of the molecule is COC(C)CNCC1(O)CCCC(C)C1. The predicted molar refractivity (Wildman–Crippen MR) is 61.9 cm³/mol. The molecule has 0 bridgehead atoms. The molecule has 0 radical (unpaired) electrons. The van der Waals surface area contributed by atoms with Gasteiger partial charge in [0, 0.05) is 20.2 Å². The van der Waals surface area contributed by atoms with E-state index in [1.807, 2.05) is 6.92 Å². The number of nitrogens with one attached hydrogen (secondary N) is 1. The molecule has 0 amide bonds. The van der Waals surface area contributed by atoms with Crippen LogP contribution < -0.4 is 5.32 Å². The van der Waals surface area contributed by atoms with E-state index in [0.717, 1.165) is 25.8 Å². The lowest BCUT2D eigenvalue weighted by atomic mass is 9.79. The highest BCUT2D eigenvalue weighted by Gasteiger charge is 2.31. The van der Waals surface area contributed by atoms with Crippen LogP contribution in [0.15, 0.2) is 0 Å². The van der Waals surface area contributed by atoms with E-state index >= 15 is 0 Å². The van der Waals surface area contributed by atoms with Crippen LogP contribution in [0.4, 0.5) is 0 Å². The van der Waals surface area contributed by atoms with Crippen LogP contribution in [-0.4, -0.2) is 37.0 Å². The third kappa shape index (κ3) is 4.49. The zero-order valence-corrected chi connectivity index (χ0v) is 10.3. The fourth-order valence-electron chi connectivity index (χ4n) is 2.38. The summed E-state index contributed by atoms with van der Waals surface area (Å²) in [5.74, 6) is 0.658. The number of methoxy groups -OCH3 is 1. The molecule has 1 saturated carbocycles. The molecule has 0 heterocycles. The van der Waals surface area contributed by atoms with Crippen molar-refractivity contribution in [3.8, 4) is 0 Å². The van der Waals surface area contributed by atoms with Gasteiger partial charge in [0.15, 0.2) is 0 Å². The number of hydrogen-bond acceptors (Lipinski definition) is 3. The van der Waals surface area contributed by atoms with Gasteiger partial charge in [0.25, 0.3) is 0 Å². The van der Waals surface area contributed by atoms with Gasteiger partial charge in [0.05, 0.1) is 11.7 Å². The first-order valence-electron chi connectivity index (χ1n) is 6.01. The summed E-state index contributed by atoms with van der Waals surface area (Å²) in [7, 11) is 1.71. The molecule has 1 fully saturated rings. The summed E-state index contributed by atoms with van der Waals surface area (Å²) in [6.45, 7) is 5.76. The Morgan fingerprint density at radius 1 is 1.60 bits per heavy atom. The topological polar surface area (TPSA) is 41.5 Å². The molecule has 0 aromatic carbocycles. The highest BCUT2D eigenvalue weighted by Crippen LogP contribution is 2.31. The molecule has 3 heteroatoms. The van der Waals surface area contributed by atoms with Gasteiger partial charge in [0.2, 0.25) is 0 Å². The van der Waals surface area contributed by atoms with E-state index in [4.69, 9.17) is 4.74 Å². The van der Waals surface area contributed by atoms with Gasteiger partial charge in [-0.1, -0.05) is 19.8 Å². The fourth-order valence-corrected chi connectivity index (χ4v) is 2.38. The summed E-state index contributed by atoms with van der Waals surface area (Å²) >= 11 is 0. The summed E-state index contributed by atoms with van der Waals surface area (Å²) < 4.78 is 5.15. The smallest absolute Gasteiger partial charge is 0.0774 e. The molecule has 3 atom stereocenters. The highest BCUT2D eigenvalue weighted by molar-refractivity contribution is 4.87. The molecular weight excluding hydrogens is 190 g/mol. The third-order valence-electron chi connectivity index (χ3n) is 3.36. The molecule has 1 aliphatic carbocycles. The van der Waals surface area contributed by atoms with Crippen LogP contribution in [0.5, 0.6) is 0 Å². The van der Waals surface area contributed by atoms with Crippen LogP contribution in [0.1, 0.15) is 39.5 Å². The Kier molecular flexibility index (Phi) is 5.03. The Morgan fingerprint density at radius 3 is 2.93 bits per heavy atom. The number of aliphatic hydroxyl groups is 1. The molecule has 1 rings (SSSR count). The quantitative estimate of drug-likeness (QED) is 0.731. The maximum Gasteiger partial charge on any atom is 0.0774 e. The van der Waals surface area contributed by atoms with E-state index < -0.39 is 5.60 Å². The predicted octanol–water partition coefficient (Wildman–Crippen LogP) is 1.55. The lowest BCUT2D eigenvalue weighted by Gasteiger charge is -2.36. The number of hydrogen-bond donors (Lipinski definition) is 2. The van der Waals surface area contributed by atoms with Crippen LogP contribution in [0, 0.1) is 5.92 Å².